The molecule has 1 heterocycles. The Morgan fingerprint density at radius 1 is 1.07 bits per heavy atom. The molecule has 1 aromatic rings. The number of ether oxygens (including phenoxy) is 2. The van der Waals surface area contributed by atoms with Gasteiger partial charge in [0.2, 0.25) is 5.91 Å². The predicted octanol–water partition coefficient (Wildman–Crippen LogP) is 3.95. The number of hydrogen-bond acceptors (Lipinski definition) is 4. The molecule has 6 heteroatoms. The first-order valence-corrected chi connectivity index (χ1v) is 11.1. The lowest BCUT2D eigenvalue weighted by Gasteiger charge is -2.28. The largest absolute Gasteiger partial charge is 0.491 e. The Morgan fingerprint density at radius 3 is 2.30 bits per heavy atom. The van der Waals surface area contributed by atoms with Crippen LogP contribution in [0.15, 0.2) is 24.3 Å². The summed E-state index contributed by atoms with van der Waals surface area (Å²) in [6.07, 6.45) is 2.17. The summed E-state index contributed by atoms with van der Waals surface area (Å²) in [5.74, 6) is 2.09. The average Bonchev–Trinajstić information content (AvgIpc) is 3.56. The number of amides is 2. The normalized spacial score (nSPS) is 25.5. The molecule has 1 aromatic carbocycles. The topological polar surface area (TPSA) is 67.9 Å². The molecular weight excluding hydrogens is 380 g/mol. The van der Waals surface area contributed by atoms with Crippen LogP contribution in [0.1, 0.15) is 58.9 Å². The maximum Gasteiger partial charge on any atom is 0.410 e. The van der Waals surface area contributed by atoms with E-state index in [-0.39, 0.29) is 29.8 Å². The summed E-state index contributed by atoms with van der Waals surface area (Å²) in [7, 11) is 0. The van der Waals surface area contributed by atoms with Crippen LogP contribution in [0.5, 0.6) is 5.75 Å². The Morgan fingerprint density at radius 2 is 1.70 bits per heavy atom. The van der Waals surface area contributed by atoms with Gasteiger partial charge < -0.3 is 19.7 Å². The zero-order valence-electron chi connectivity index (χ0n) is 18.7. The number of nitrogens with zero attached hydrogens (tertiary/aromatic N) is 1. The van der Waals surface area contributed by atoms with Crippen LogP contribution in [0, 0.1) is 17.8 Å². The fraction of sp³-hybridized carbons (Fsp3) is 0.667. The Kier molecular flexibility index (Phi) is 5.23. The fourth-order valence-corrected chi connectivity index (χ4v) is 4.45. The van der Waals surface area contributed by atoms with E-state index in [9.17, 15) is 9.59 Å². The summed E-state index contributed by atoms with van der Waals surface area (Å²) in [6, 6.07) is 8.21. The van der Waals surface area contributed by atoms with Crippen molar-refractivity contribution in [2.24, 2.45) is 17.8 Å². The van der Waals surface area contributed by atoms with Gasteiger partial charge in [0.05, 0.1) is 5.54 Å². The number of hydrogen-bond donors (Lipinski definition) is 1. The summed E-state index contributed by atoms with van der Waals surface area (Å²) < 4.78 is 11.6. The molecule has 4 rings (SSSR count). The minimum Gasteiger partial charge on any atom is -0.491 e. The second-order valence-electron chi connectivity index (χ2n) is 10.7. The number of nitrogens with one attached hydrogen (secondary N) is 1. The highest BCUT2D eigenvalue weighted by Crippen LogP contribution is 2.52. The van der Waals surface area contributed by atoms with Crippen LogP contribution in [-0.2, 0) is 9.53 Å². The van der Waals surface area contributed by atoms with Crippen molar-refractivity contribution in [2.75, 3.05) is 19.7 Å². The van der Waals surface area contributed by atoms with Crippen molar-refractivity contribution in [3.8, 4) is 5.75 Å². The van der Waals surface area contributed by atoms with Gasteiger partial charge >= 0.3 is 6.09 Å². The van der Waals surface area contributed by atoms with Gasteiger partial charge in [-0.25, -0.2) is 4.79 Å². The van der Waals surface area contributed by atoms with Gasteiger partial charge in [-0.05, 0) is 76.8 Å². The number of benzene rings is 1. The molecule has 6 nitrogen and oxygen atoms in total. The third-order valence-electron chi connectivity index (χ3n) is 6.13. The van der Waals surface area contributed by atoms with Crippen molar-refractivity contribution in [2.45, 2.75) is 64.5 Å². The van der Waals surface area contributed by atoms with Crippen molar-refractivity contribution < 1.29 is 19.1 Å². The molecule has 0 spiro atoms. The number of piperidine rings is 1. The minimum atomic E-state index is -0.497. The van der Waals surface area contributed by atoms with E-state index in [2.05, 4.69) is 17.4 Å². The highest BCUT2D eigenvalue weighted by Gasteiger charge is 2.61. The van der Waals surface area contributed by atoms with Gasteiger partial charge in [-0.15, -0.1) is 0 Å². The monoisotopic (exact) mass is 414 g/mol. The van der Waals surface area contributed by atoms with Crippen LogP contribution in [0.2, 0.25) is 0 Å². The number of fused-ring (bicyclic) bond motifs is 1. The summed E-state index contributed by atoms with van der Waals surface area (Å²) >= 11 is 0. The van der Waals surface area contributed by atoms with E-state index in [4.69, 9.17) is 9.47 Å². The van der Waals surface area contributed by atoms with Gasteiger partial charge in [0.25, 0.3) is 0 Å². The molecule has 0 aromatic heterocycles. The van der Waals surface area contributed by atoms with E-state index in [1.807, 2.05) is 46.8 Å². The SMILES string of the molecule is CC(C)(COc1ccccc1C1CC1)NC(=O)[C@H]1[C@@H]2CN(C(=O)OC(C)(C)C)C[C@@H]21. The Bertz CT molecular complexity index is 813. The van der Waals surface area contributed by atoms with E-state index < -0.39 is 11.1 Å². The summed E-state index contributed by atoms with van der Waals surface area (Å²) in [5, 5.41) is 3.17. The van der Waals surface area contributed by atoms with Gasteiger partial charge in [0, 0.05) is 19.0 Å². The first kappa shape index (κ1) is 21.0. The highest BCUT2D eigenvalue weighted by atomic mass is 16.6. The molecule has 3 aliphatic rings. The zero-order chi connectivity index (χ0) is 21.7. The summed E-state index contributed by atoms with van der Waals surface area (Å²) in [5.41, 5.74) is 0.316. The molecule has 2 amide bonds. The standard InChI is InChI=1S/C24H34N2O4/c1-23(2,3)30-22(28)26-12-17-18(13-26)20(17)21(27)25-24(4,5)14-29-19-9-7-6-8-16(19)15-10-11-15/h6-9,15,17-18,20H,10-14H2,1-5H3,(H,25,27)/t17-,18+,20+. The Balaban J connectivity index is 1.25. The lowest BCUT2D eigenvalue weighted by atomic mass is 10.1. The Labute approximate surface area is 179 Å². The van der Waals surface area contributed by atoms with Gasteiger partial charge in [0.1, 0.15) is 18.0 Å². The Hall–Kier alpha value is -2.24. The summed E-state index contributed by atoms with van der Waals surface area (Å²) in [6.45, 7) is 11.2. The van der Waals surface area contributed by atoms with Crippen LogP contribution in [0.25, 0.3) is 0 Å². The fourth-order valence-electron chi connectivity index (χ4n) is 4.45. The zero-order valence-corrected chi connectivity index (χ0v) is 18.7. The quantitative estimate of drug-likeness (QED) is 0.765. The predicted molar refractivity (Wildman–Crippen MR) is 114 cm³/mol. The summed E-state index contributed by atoms with van der Waals surface area (Å²) in [4.78, 5) is 26.8. The second-order valence-corrected chi connectivity index (χ2v) is 10.7. The van der Waals surface area contributed by atoms with Crippen LogP contribution >= 0.6 is 0 Å². The van der Waals surface area contributed by atoms with Gasteiger partial charge in [-0.3, -0.25) is 4.79 Å². The van der Waals surface area contributed by atoms with Crippen molar-refractivity contribution in [1.82, 2.24) is 10.2 Å². The third kappa shape index (κ3) is 4.73. The number of carbonyl (C=O) groups excluding carboxylic acids is 2. The molecule has 30 heavy (non-hydrogen) atoms. The molecule has 164 valence electrons. The minimum absolute atomic E-state index is 0.0123. The van der Waals surface area contributed by atoms with Crippen molar-refractivity contribution in [3.63, 3.8) is 0 Å². The van der Waals surface area contributed by atoms with Gasteiger partial charge in [0.15, 0.2) is 0 Å². The molecule has 1 saturated heterocycles. The van der Waals surface area contributed by atoms with Crippen LogP contribution in [0.3, 0.4) is 0 Å². The molecule has 2 saturated carbocycles. The highest BCUT2D eigenvalue weighted by molar-refractivity contribution is 5.84. The lowest BCUT2D eigenvalue weighted by Crippen LogP contribution is -2.49. The molecule has 3 fully saturated rings. The average molecular weight is 415 g/mol. The van der Waals surface area contributed by atoms with E-state index in [1.165, 1.54) is 18.4 Å². The first-order valence-electron chi connectivity index (χ1n) is 11.1. The molecule has 0 bridgehead atoms. The third-order valence-corrected chi connectivity index (χ3v) is 6.13. The van der Waals surface area contributed by atoms with E-state index in [0.29, 0.717) is 25.6 Å². The molecular formula is C24H34N2O4. The molecule has 1 N–H and O–H groups in total. The number of likely N-dealkylation sites (tertiary alicyclic amines) is 1. The maximum atomic E-state index is 12.8. The lowest BCUT2D eigenvalue weighted by molar-refractivity contribution is -0.125. The first-order chi connectivity index (χ1) is 14.0. The van der Waals surface area contributed by atoms with E-state index in [1.54, 1.807) is 4.90 Å². The van der Waals surface area contributed by atoms with Crippen LogP contribution in [0.4, 0.5) is 4.79 Å². The van der Waals surface area contributed by atoms with Crippen molar-refractivity contribution >= 4 is 12.0 Å². The van der Waals surface area contributed by atoms with E-state index in [0.717, 1.165) is 5.75 Å². The van der Waals surface area contributed by atoms with Crippen LogP contribution in [-0.4, -0.2) is 47.7 Å². The second kappa shape index (κ2) is 7.47. The molecule has 3 atom stereocenters. The van der Waals surface area contributed by atoms with Crippen LogP contribution < -0.4 is 10.1 Å². The smallest absolute Gasteiger partial charge is 0.410 e. The molecule has 0 unspecified atom stereocenters. The van der Waals surface area contributed by atoms with Crippen molar-refractivity contribution in [1.29, 1.82) is 0 Å². The van der Waals surface area contributed by atoms with Gasteiger partial charge in [-0.1, -0.05) is 18.2 Å². The number of para-hydroxylation sites is 1. The molecule has 1 aliphatic heterocycles. The molecule has 0 radical (unpaired) electrons. The number of carbonyl (C=O) groups is 2. The number of rotatable bonds is 6. The van der Waals surface area contributed by atoms with Gasteiger partial charge in [-0.2, -0.15) is 0 Å². The molecule has 2 aliphatic carbocycles. The maximum absolute atomic E-state index is 12.8. The van der Waals surface area contributed by atoms with E-state index >= 15 is 0 Å². The van der Waals surface area contributed by atoms with Crippen molar-refractivity contribution in [3.05, 3.63) is 29.8 Å².